The molecule has 5 nitrogen and oxygen atoms in total. The van der Waals surface area contributed by atoms with Crippen LogP contribution in [0, 0.1) is 12.8 Å². The van der Waals surface area contributed by atoms with Gasteiger partial charge in [-0.1, -0.05) is 13.8 Å². The van der Waals surface area contributed by atoms with E-state index in [9.17, 15) is 9.90 Å². The maximum atomic E-state index is 11.6. The molecule has 1 unspecified atom stereocenters. The SMILES string of the molecule is Cc1[nH]ncc1C(=O)NCC(O)C(C)C. The first-order valence-corrected chi connectivity index (χ1v) is 4.98. The Morgan fingerprint density at radius 3 is 2.80 bits per heavy atom. The molecule has 0 fully saturated rings. The topological polar surface area (TPSA) is 78.0 Å². The number of rotatable bonds is 4. The molecule has 0 aromatic carbocycles. The van der Waals surface area contributed by atoms with E-state index in [1.54, 1.807) is 6.92 Å². The van der Waals surface area contributed by atoms with Gasteiger partial charge in [-0.05, 0) is 12.8 Å². The van der Waals surface area contributed by atoms with Crippen LogP contribution in [0.25, 0.3) is 0 Å². The minimum Gasteiger partial charge on any atom is -0.391 e. The molecule has 0 radical (unpaired) electrons. The molecule has 5 heteroatoms. The summed E-state index contributed by atoms with van der Waals surface area (Å²) in [7, 11) is 0. The van der Waals surface area contributed by atoms with Crippen molar-refractivity contribution in [2.45, 2.75) is 26.9 Å². The van der Waals surface area contributed by atoms with Gasteiger partial charge in [0, 0.05) is 12.2 Å². The molecule has 0 aliphatic carbocycles. The van der Waals surface area contributed by atoms with E-state index in [2.05, 4.69) is 15.5 Å². The van der Waals surface area contributed by atoms with Gasteiger partial charge < -0.3 is 10.4 Å². The number of aliphatic hydroxyl groups excluding tert-OH is 1. The first kappa shape index (κ1) is 11.7. The largest absolute Gasteiger partial charge is 0.391 e. The zero-order valence-electron chi connectivity index (χ0n) is 9.24. The van der Waals surface area contributed by atoms with Crippen molar-refractivity contribution in [2.75, 3.05) is 6.54 Å². The molecule has 15 heavy (non-hydrogen) atoms. The summed E-state index contributed by atoms with van der Waals surface area (Å²) in [6.07, 6.45) is 0.966. The van der Waals surface area contributed by atoms with Crippen LogP contribution in [0.15, 0.2) is 6.20 Å². The van der Waals surface area contributed by atoms with Crippen molar-refractivity contribution in [3.8, 4) is 0 Å². The van der Waals surface area contributed by atoms with E-state index in [0.717, 1.165) is 5.69 Å². The molecule has 0 aliphatic heterocycles. The van der Waals surface area contributed by atoms with Gasteiger partial charge in [0.05, 0.1) is 17.9 Å². The molecule has 3 N–H and O–H groups in total. The second kappa shape index (κ2) is 4.93. The summed E-state index contributed by atoms with van der Waals surface area (Å²) in [6.45, 7) is 5.85. The summed E-state index contributed by atoms with van der Waals surface area (Å²) in [6, 6.07) is 0. The number of hydrogen-bond acceptors (Lipinski definition) is 3. The molecule has 0 saturated heterocycles. The minimum atomic E-state index is -0.513. The maximum absolute atomic E-state index is 11.6. The van der Waals surface area contributed by atoms with Gasteiger partial charge in [0.25, 0.3) is 5.91 Å². The average Bonchev–Trinajstić information content (AvgIpc) is 2.60. The molecule has 1 atom stereocenters. The van der Waals surface area contributed by atoms with Crippen molar-refractivity contribution in [1.82, 2.24) is 15.5 Å². The third-order valence-corrected chi connectivity index (χ3v) is 2.32. The number of H-pyrrole nitrogens is 1. The molecule has 1 rings (SSSR count). The lowest BCUT2D eigenvalue weighted by molar-refractivity contribution is 0.0871. The lowest BCUT2D eigenvalue weighted by atomic mass is 10.1. The lowest BCUT2D eigenvalue weighted by Gasteiger charge is -2.14. The van der Waals surface area contributed by atoms with Crippen LogP contribution in [0.3, 0.4) is 0 Å². The fourth-order valence-corrected chi connectivity index (χ4v) is 1.11. The lowest BCUT2D eigenvalue weighted by Crippen LogP contribution is -2.34. The summed E-state index contributed by atoms with van der Waals surface area (Å²) in [5, 5.41) is 18.6. The number of carbonyl (C=O) groups is 1. The highest BCUT2D eigenvalue weighted by atomic mass is 16.3. The van der Waals surface area contributed by atoms with Crippen LogP contribution in [0.4, 0.5) is 0 Å². The summed E-state index contributed by atoms with van der Waals surface area (Å²) in [5.41, 5.74) is 1.25. The van der Waals surface area contributed by atoms with E-state index in [-0.39, 0.29) is 18.4 Å². The molecule has 0 aliphatic rings. The van der Waals surface area contributed by atoms with Gasteiger partial charge >= 0.3 is 0 Å². The Hall–Kier alpha value is -1.36. The second-order valence-corrected chi connectivity index (χ2v) is 3.93. The van der Waals surface area contributed by atoms with E-state index in [4.69, 9.17) is 0 Å². The molecule has 1 aromatic rings. The highest BCUT2D eigenvalue weighted by Crippen LogP contribution is 2.03. The number of nitrogens with one attached hydrogen (secondary N) is 2. The molecule has 1 heterocycles. The Morgan fingerprint density at radius 2 is 2.33 bits per heavy atom. The highest BCUT2D eigenvalue weighted by Gasteiger charge is 2.14. The van der Waals surface area contributed by atoms with E-state index in [1.165, 1.54) is 6.20 Å². The molecular weight excluding hydrogens is 194 g/mol. The van der Waals surface area contributed by atoms with E-state index >= 15 is 0 Å². The Balaban J connectivity index is 2.47. The first-order chi connectivity index (χ1) is 7.02. The number of carbonyl (C=O) groups excluding carboxylic acids is 1. The van der Waals surface area contributed by atoms with Gasteiger partial charge in [-0.2, -0.15) is 5.10 Å². The van der Waals surface area contributed by atoms with Crippen LogP contribution in [0.5, 0.6) is 0 Å². The zero-order valence-corrected chi connectivity index (χ0v) is 9.24. The Kier molecular flexibility index (Phi) is 3.85. The van der Waals surface area contributed by atoms with Gasteiger partial charge in [-0.15, -0.1) is 0 Å². The molecule has 1 aromatic heterocycles. The van der Waals surface area contributed by atoms with E-state index in [1.807, 2.05) is 13.8 Å². The van der Waals surface area contributed by atoms with Crippen molar-refractivity contribution in [3.63, 3.8) is 0 Å². The van der Waals surface area contributed by atoms with Gasteiger partial charge in [0.15, 0.2) is 0 Å². The summed E-state index contributed by atoms with van der Waals surface area (Å²) in [5.74, 6) is -0.0725. The predicted molar refractivity (Wildman–Crippen MR) is 56.5 cm³/mol. The fraction of sp³-hybridized carbons (Fsp3) is 0.600. The van der Waals surface area contributed by atoms with Crippen LogP contribution in [-0.2, 0) is 0 Å². The van der Waals surface area contributed by atoms with Crippen molar-refractivity contribution < 1.29 is 9.90 Å². The number of aryl methyl sites for hydroxylation is 1. The molecule has 0 bridgehead atoms. The van der Waals surface area contributed by atoms with Crippen LogP contribution in [-0.4, -0.2) is 33.9 Å². The smallest absolute Gasteiger partial charge is 0.254 e. The fourth-order valence-electron chi connectivity index (χ4n) is 1.11. The first-order valence-electron chi connectivity index (χ1n) is 4.98. The zero-order chi connectivity index (χ0) is 11.4. The van der Waals surface area contributed by atoms with E-state index in [0.29, 0.717) is 5.56 Å². The van der Waals surface area contributed by atoms with Crippen LogP contribution < -0.4 is 5.32 Å². The minimum absolute atomic E-state index is 0.135. The maximum Gasteiger partial charge on any atom is 0.254 e. The Morgan fingerprint density at radius 1 is 1.67 bits per heavy atom. The normalized spacial score (nSPS) is 12.9. The molecule has 1 amide bonds. The number of aromatic amines is 1. The van der Waals surface area contributed by atoms with Gasteiger partial charge in [-0.3, -0.25) is 9.89 Å². The van der Waals surface area contributed by atoms with Crippen molar-refractivity contribution in [2.24, 2.45) is 5.92 Å². The van der Waals surface area contributed by atoms with Crippen molar-refractivity contribution in [1.29, 1.82) is 0 Å². The van der Waals surface area contributed by atoms with Crippen LogP contribution in [0.2, 0.25) is 0 Å². The predicted octanol–water partition coefficient (Wildman–Crippen LogP) is 0.465. The van der Waals surface area contributed by atoms with Gasteiger partial charge in [0.1, 0.15) is 0 Å². The third kappa shape index (κ3) is 3.06. The summed E-state index contributed by atoms with van der Waals surface area (Å²) in [4.78, 5) is 11.6. The number of amides is 1. The van der Waals surface area contributed by atoms with Gasteiger partial charge in [-0.25, -0.2) is 0 Å². The highest BCUT2D eigenvalue weighted by molar-refractivity contribution is 5.94. The quantitative estimate of drug-likeness (QED) is 0.677. The number of aromatic nitrogens is 2. The average molecular weight is 211 g/mol. The number of aliphatic hydroxyl groups is 1. The molecule has 0 spiro atoms. The molecular formula is C10H17N3O2. The van der Waals surface area contributed by atoms with Crippen molar-refractivity contribution in [3.05, 3.63) is 17.5 Å². The van der Waals surface area contributed by atoms with Gasteiger partial charge in [0.2, 0.25) is 0 Å². The summed E-state index contributed by atoms with van der Waals surface area (Å²) < 4.78 is 0. The van der Waals surface area contributed by atoms with Crippen LogP contribution in [0.1, 0.15) is 29.9 Å². The standard InChI is InChI=1S/C10H17N3O2/c1-6(2)9(14)5-11-10(15)8-4-12-13-7(8)3/h4,6,9,14H,5H2,1-3H3,(H,11,15)(H,12,13). The monoisotopic (exact) mass is 211 g/mol. The molecule has 0 saturated carbocycles. The second-order valence-electron chi connectivity index (χ2n) is 3.93. The third-order valence-electron chi connectivity index (χ3n) is 2.32. The van der Waals surface area contributed by atoms with E-state index < -0.39 is 6.10 Å². The molecule has 84 valence electrons. The Bertz CT molecular complexity index is 333. The van der Waals surface area contributed by atoms with Crippen LogP contribution >= 0.6 is 0 Å². The number of hydrogen-bond donors (Lipinski definition) is 3. The number of nitrogens with zero attached hydrogens (tertiary/aromatic N) is 1. The Labute approximate surface area is 88.9 Å². The van der Waals surface area contributed by atoms with Crippen molar-refractivity contribution >= 4 is 5.91 Å². The summed E-state index contributed by atoms with van der Waals surface area (Å²) >= 11 is 0.